The minimum Gasteiger partial charge on any atom is -1.00 e. The Balaban J connectivity index is 0.00000192. The molecule has 0 bridgehead atoms. The summed E-state index contributed by atoms with van der Waals surface area (Å²) in [5.41, 5.74) is 4.34. The summed E-state index contributed by atoms with van der Waals surface area (Å²) in [5.74, 6) is 0.367. The van der Waals surface area contributed by atoms with Crippen LogP contribution in [0.4, 0.5) is 0 Å². The first kappa shape index (κ1) is 24.5. The van der Waals surface area contributed by atoms with Crippen molar-refractivity contribution in [2.75, 3.05) is 0 Å². The molecular weight excluding hydrogens is 406 g/mol. The molecule has 2 aromatic carbocycles. The molecule has 0 fully saturated rings. The fourth-order valence-corrected chi connectivity index (χ4v) is 4.41. The molecule has 0 saturated carbocycles. The fourth-order valence-electron chi connectivity index (χ4n) is 3.41. The third-order valence-corrected chi connectivity index (χ3v) is 5.64. The summed E-state index contributed by atoms with van der Waals surface area (Å²) in [5, 5.41) is 0. The van der Waals surface area contributed by atoms with Crippen molar-refractivity contribution in [3.8, 4) is 0 Å². The summed E-state index contributed by atoms with van der Waals surface area (Å²) < 4.78 is 0.0682. The second kappa shape index (κ2) is 11.3. The van der Waals surface area contributed by atoms with Crippen LogP contribution in [0, 0.1) is 0 Å². The molecule has 4 heteroatoms. The molecule has 0 amide bonds. The van der Waals surface area contributed by atoms with Crippen molar-refractivity contribution in [3.63, 3.8) is 0 Å². The SMILES string of the molecule is CCCC1=CC=C[C]1([Ti+3])C(c1ccccc1)c1ccccc1.[Cl-].[Cl-].[Cl-]. The molecule has 1 aliphatic rings. The van der Waals surface area contributed by atoms with E-state index in [0.717, 1.165) is 0 Å². The topological polar surface area (TPSA) is 0 Å². The summed E-state index contributed by atoms with van der Waals surface area (Å²) in [6.07, 6.45) is 9.31. The van der Waals surface area contributed by atoms with Crippen LogP contribution >= 0.6 is 0 Å². The Morgan fingerprint density at radius 1 is 0.840 bits per heavy atom. The van der Waals surface area contributed by atoms with Crippen molar-refractivity contribution < 1.29 is 57.7 Å². The molecule has 130 valence electrons. The molecule has 25 heavy (non-hydrogen) atoms. The third kappa shape index (κ3) is 5.25. The van der Waals surface area contributed by atoms with E-state index >= 15 is 0 Å². The molecule has 1 aliphatic carbocycles. The predicted octanol–water partition coefficient (Wildman–Crippen LogP) is -3.17. The Kier molecular flexibility index (Phi) is 11.0. The van der Waals surface area contributed by atoms with Gasteiger partial charge in [0.2, 0.25) is 0 Å². The number of allylic oxidation sites excluding steroid dienone is 4. The van der Waals surface area contributed by atoms with E-state index in [1.54, 1.807) is 5.57 Å². The van der Waals surface area contributed by atoms with Gasteiger partial charge in [-0.05, 0) is 0 Å². The van der Waals surface area contributed by atoms with Crippen LogP contribution in [-0.4, -0.2) is 0 Å². The first-order valence-electron chi connectivity index (χ1n) is 7.99. The maximum Gasteiger partial charge on any atom is -1.00 e. The van der Waals surface area contributed by atoms with E-state index in [-0.39, 0.29) is 40.9 Å². The van der Waals surface area contributed by atoms with Crippen molar-refractivity contribution in [1.82, 2.24) is 0 Å². The van der Waals surface area contributed by atoms with Crippen LogP contribution in [0.25, 0.3) is 0 Å². The van der Waals surface area contributed by atoms with Crippen LogP contribution < -0.4 is 37.2 Å². The first-order chi connectivity index (χ1) is 10.8. The van der Waals surface area contributed by atoms with Crippen LogP contribution in [0.1, 0.15) is 36.8 Å². The van der Waals surface area contributed by atoms with Crippen molar-refractivity contribution in [3.05, 3.63) is 95.6 Å². The number of hydrogen-bond acceptors (Lipinski definition) is 0. The zero-order valence-electron chi connectivity index (χ0n) is 14.1. The molecule has 0 spiro atoms. The van der Waals surface area contributed by atoms with Crippen LogP contribution in [0.15, 0.2) is 84.5 Å². The summed E-state index contributed by atoms with van der Waals surface area (Å²) >= 11 is 2.39. The summed E-state index contributed by atoms with van der Waals surface area (Å²) in [6, 6.07) is 21.8. The van der Waals surface area contributed by atoms with Gasteiger partial charge in [0.1, 0.15) is 0 Å². The van der Waals surface area contributed by atoms with Crippen LogP contribution in [0.5, 0.6) is 0 Å². The average molecular weight is 428 g/mol. The molecule has 1 unspecified atom stereocenters. The van der Waals surface area contributed by atoms with Gasteiger partial charge in [0.05, 0.1) is 0 Å². The van der Waals surface area contributed by atoms with E-state index in [2.05, 4.69) is 106 Å². The van der Waals surface area contributed by atoms with Crippen molar-refractivity contribution in [2.45, 2.75) is 29.4 Å². The maximum absolute atomic E-state index is 2.39. The molecule has 0 aromatic heterocycles. The van der Waals surface area contributed by atoms with Gasteiger partial charge in [0.25, 0.3) is 0 Å². The monoisotopic (exact) mass is 426 g/mol. The zero-order chi connectivity index (χ0) is 15.4. The van der Waals surface area contributed by atoms with E-state index in [9.17, 15) is 0 Å². The Labute approximate surface area is 181 Å². The number of rotatable bonds is 5. The Bertz CT molecular complexity index is 643. The van der Waals surface area contributed by atoms with Gasteiger partial charge in [0.15, 0.2) is 0 Å². The van der Waals surface area contributed by atoms with Crippen LogP contribution in [-0.2, 0) is 20.4 Å². The molecule has 0 heterocycles. The fraction of sp³-hybridized carbons (Fsp3) is 0.238. The Hall–Kier alpha value is -0.496. The molecule has 0 saturated heterocycles. The summed E-state index contributed by atoms with van der Waals surface area (Å²) in [6.45, 7) is 2.26. The number of hydrogen-bond donors (Lipinski definition) is 0. The minimum atomic E-state index is 0. The van der Waals surface area contributed by atoms with Crippen molar-refractivity contribution in [1.29, 1.82) is 0 Å². The maximum atomic E-state index is 2.39. The van der Waals surface area contributed by atoms with Gasteiger partial charge < -0.3 is 37.2 Å². The second-order valence-electron chi connectivity index (χ2n) is 5.92. The van der Waals surface area contributed by atoms with Crippen LogP contribution in [0.3, 0.4) is 0 Å². The van der Waals surface area contributed by atoms with Gasteiger partial charge in [0, 0.05) is 0 Å². The van der Waals surface area contributed by atoms with Gasteiger partial charge in [-0.2, -0.15) is 0 Å². The van der Waals surface area contributed by atoms with Gasteiger partial charge in [-0.3, -0.25) is 0 Å². The van der Waals surface area contributed by atoms with Gasteiger partial charge in [-0.15, -0.1) is 0 Å². The Morgan fingerprint density at radius 3 is 1.76 bits per heavy atom. The van der Waals surface area contributed by atoms with Crippen molar-refractivity contribution in [2.24, 2.45) is 0 Å². The normalized spacial score (nSPS) is 18.0. The summed E-state index contributed by atoms with van der Waals surface area (Å²) in [7, 11) is 0. The first-order valence-corrected chi connectivity index (χ1v) is 8.77. The van der Waals surface area contributed by atoms with Crippen molar-refractivity contribution >= 4 is 0 Å². The minimum absolute atomic E-state index is 0. The van der Waals surface area contributed by atoms with Crippen LogP contribution in [0.2, 0.25) is 3.72 Å². The van der Waals surface area contributed by atoms with Gasteiger partial charge in [-0.25, -0.2) is 0 Å². The van der Waals surface area contributed by atoms with E-state index in [1.165, 1.54) is 24.0 Å². The molecule has 0 radical (unpaired) electrons. The largest absolute Gasteiger partial charge is 1.00 e. The number of benzene rings is 2. The van der Waals surface area contributed by atoms with Gasteiger partial charge >= 0.3 is 145 Å². The predicted molar refractivity (Wildman–Crippen MR) is 89.6 cm³/mol. The zero-order valence-corrected chi connectivity index (χ0v) is 18.0. The average Bonchev–Trinajstić information content (AvgIpc) is 2.92. The van der Waals surface area contributed by atoms with E-state index in [4.69, 9.17) is 0 Å². The molecule has 0 N–H and O–H groups in total. The molecule has 0 aliphatic heterocycles. The second-order valence-corrected chi connectivity index (χ2v) is 7.22. The molecule has 2 aromatic rings. The third-order valence-electron chi connectivity index (χ3n) is 4.43. The Morgan fingerprint density at radius 2 is 1.32 bits per heavy atom. The molecule has 3 rings (SSSR count). The molecule has 1 atom stereocenters. The van der Waals surface area contributed by atoms with E-state index in [0.29, 0.717) is 5.92 Å². The standard InChI is InChI=1S/C21H21.3ClH.Ti/c1-2-10-17-15-9-16-20(17)21(18-11-5-3-6-12-18)19-13-7-4-8-14-19;;;;/h3-9,11-16,21H,2,10H2,1H3;3*1H;/q;;;;+3/p-3. The van der Waals surface area contributed by atoms with Gasteiger partial charge in [-0.1, -0.05) is 0 Å². The smallest absolute Gasteiger partial charge is 1.00 e. The molecular formula is C21H21Cl3Ti. The van der Waals surface area contributed by atoms with E-state index < -0.39 is 0 Å². The number of halogens is 3. The summed E-state index contributed by atoms with van der Waals surface area (Å²) in [4.78, 5) is 0. The van der Waals surface area contributed by atoms with E-state index in [1.807, 2.05) is 0 Å². The molecule has 0 nitrogen and oxygen atoms in total. The quantitative estimate of drug-likeness (QED) is 0.442.